The van der Waals surface area contributed by atoms with Crippen molar-refractivity contribution >= 4 is 5.91 Å². The minimum atomic E-state index is -0.357. The summed E-state index contributed by atoms with van der Waals surface area (Å²) in [6, 6.07) is 0. The highest BCUT2D eigenvalue weighted by molar-refractivity contribution is 5.87. The Morgan fingerprint density at radius 3 is 2.64 bits per heavy atom. The molecule has 1 N–H and O–H groups in total. The molecule has 0 aromatic heterocycles. The topological polar surface area (TPSA) is 40.5 Å². The van der Waals surface area contributed by atoms with Gasteiger partial charge < -0.3 is 10.0 Å². The van der Waals surface area contributed by atoms with E-state index in [0.29, 0.717) is 13.0 Å². The van der Waals surface area contributed by atoms with Gasteiger partial charge in [0, 0.05) is 19.7 Å². The standard InChI is InChI=1S/C11H19NO2/c1-4-5-6-7-11(14)12(3)9-8-10(2)13/h4-7,10,13H,8-9H2,1-3H3. The third kappa shape index (κ3) is 6.43. The van der Waals surface area contributed by atoms with Crippen molar-refractivity contribution < 1.29 is 9.90 Å². The van der Waals surface area contributed by atoms with Crippen molar-refractivity contribution in [2.75, 3.05) is 13.6 Å². The SMILES string of the molecule is CC=CC=CC(=O)N(C)CCC(C)O. The Labute approximate surface area is 85.7 Å². The molecule has 0 rings (SSSR count). The molecule has 0 aromatic carbocycles. The van der Waals surface area contributed by atoms with E-state index in [1.54, 1.807) is 31.0 Å². The van der Waals surface area contributed by atoms with Crippen LogP contribution in [0.25, 0.3) is 0 Å². The van der Waals surface area contributed by atoms with Crippen LogP contribution in [-0.4, -0.2) is 35.6 Å². The summed E-state index contributed by atoms with van der Waals surface area (Å²) < 4.78 is 0. The fourth-order valence-corrected chi connectivity index (χ4v) is 0.867. The summed E-state index contributed by atoms with van der Waals surface area (Å²) in [7, 11) is 1.73. The number of hydrogen-bond donors (Lipinski definition) is 1. The monoisotopic (exact) mass is 197 g/mol. The predicted molar refractivity (Wildman–Crippen MR) is 57.9 cm³/mol. The van der Waals surface area contributed by atoms with Gasteiger partial charge in [-0.3, -0.25) is 4.79 Å². The Morgan fingerprint density at radius 2 is 2.14 bits per heavy atom. The molecule has 0 radical (unpaired) electrons. The van der Waals surface area contributed by atoms with E-state index in [1.165, 1.54) is 6.08 Å². The summed E-state index contributed by atoms with van der Waals surface area (Å²) in [6.07, 6.45) is 7.15. The van der Waals surface area contributed by atoms with Crippen LogP contribution in [0.15, 0.2) is 24.3 Å². The second-order valence-corrected chi connectivity index (χ2v) is 3.28. The van der Waals surface area contributed by atoms with Crippen molar-refractivity contribution in [3.8, 4) is 0 Å². The van der Waals surface area contributed by atoms with E-state index in [-0.39, 0.29) is 12.0 Å². The molecule has 0 aliphatic heterocycles. The average Bonchev–Trinajstić information content (AvgIpc) is 2.14. The predicted octanol–water partition coefficient (Wildman–Crippen LogP) is 1.35. The van der Waals surface area contributed by atoms with Crippen LogP contribution in [0, 0.1) is 0 Å². The summed E-state index contributed by atoms with van der Waals surface area (Å²) in [5.41, 5.74) is 0. The van der Waals surface area contributed by atoms with Gasteiger partial charge in [0.15, 0.2) is 0 Å². The lowest BCUT2D eigenvalue weighted by Crippen LogP contribution is -2.27. The van der Waals surface area contributed by atoms with Crippen molar-refractivity contribution in [3.63, 3.8) is 0 Å². The first kappa shape index (κ1) is 12.9. The second kappa shape index (κ2) is 7.33. The summed E-state index contributed by atoms with van der Waals surface area (Å²) in [5, 5.41) is 9.03. The fraction of sp³-hybridized carbons (Fsp3) is 0.545. The van der Waals surface area contributed by atoms with Gasteiger partial charge in [0.2, 0.25) is 5.91 Å². The van der Waals surface area contributed by atoms with Crippen LogP contribution in [0.3, 0.4) is 0 Å². The van der Waals surface area contributed by atoms with Gasteiger partial charge in [-0.15, -0.1) is 0 Å². The lowest BCUT2D eigenvalue weighted by Gasteiger charge is -2.15. The van der Waals surface area contributed by atoms with Crippen LogP contribution in [0.1, 0.15) is 20.3 Å². The van der Waals surface area contributed by atoms with Gasteiger partial charge >= 0.3 is 0 Å². The van der Waals surface area contributed by atoms with E-state index in [9.17, 15) is 4.79 Å². The highest BCUT2D eigenvalue weighted by Gasteiger charge is 2.05. The summed E-state index contributed by atoms with van der Waals surface area (Å²) in [5.74, 6) is -0.0382. The summed E-state index contributed by atoms with van der Waals surface area (Å²) in [6.45, 7) is 4.19. The summed E-state index contributed by atoms with van der Waals surface area (Å²) in [4.78, 5) is 12.9. The average molecular weight is 197 g/mol. The smallest absolute Gasteiger partial charge is 0.246 e. The van der Waals surface area contributed by atoms with Crippen LogP contribution >= 0.6 is 0 Å². The molecular formula is C11H19NO2. The fourth-order valence-electron chi connectivity index (χ4n) is 0.867. The highest BCUT2D eigenvalue weighted by atomic mass is 16.3. The van der Waals surface area contributed by atoms with Gasteiger partial charge in [0.1, 0.15) is 0 Å². The minimum absolute atomic E-state index is 0.0382. The van der Waals surface area contributed by atoms with Crippen molar-refractivity contribution in [3.05, 3.63) is 24.3 Å². The molecular weight excluding hydrogens is 178 g/mol. The van der Waals surface area contributed by atoms with Crippen LogP contribution in [-0.2, 0) is 4.79 Å². The van der Waals surface area contributed by atoms with Crippen molar-refractivity contribution in [1.29, 1.82) is 0 Å². The third-order valence-corrected chi connectivity index (χ3v) is 1.80. The van der Waals surface area contributed by atoms with Gasteiger partial charge in [-0.05, 0) is 20.3 Å². The zero-order valence-electron chi connectivity index (χ0n) is 9.10. The number of hydrogen-bond acceptors (Lipinski definition) is 2. The number of allylic oxidation sites excluding steroid dienone is 3. The Morgan fingerprint density at radius 1 is 1.50 bits per heavy atom. The van der Waals surface area contributed by atoms with E-state index in [0.717, 1.165) is 0 Å². The number of likely N-dealkylation sites (N-methyl/N-ethyl adjacent to an activating group) is 1. The molecule has 0 saturated heterocycles. The molecule has 0 fully saturated rings. The van der Waals surface area contributed by atoms with Crippen LogP contribution in [0.5, 0.6) is 0 Å². The molecule has 0 aliphatic rings. The molecule has 0 saturated carbocycles. The Hall–Kier alpha value is -1.09. The number of nitrogens with zero attached hydrogens (tertiary/aromatic N) is 1. The number of amides is 1. The number of aliphatic hydroxyl groups is 1. The maximum absolute atomic E-state index is 11.4. The molecule has 3 heteroatoms. The van der Waals surface area contributed by atoms with Gasteiger partial charge in [0.05, 0.1) is 6.10 Å². The first-order chi connectivity index (χ1) is 6.57. The zero-order valence-corrected chi connectivity index (χ0v) is 9.10. The van der Waals surface area contributed by atoms with Crippen LogP contribution in [0.4, 0.5) is 0 Å². The molecule has 0 aliphatic carbocycles. The number of carbonyl (C=O) groups is 1. The van der Waals surface area contributed by atoms with E-state index >= 15 is 0 Å². The van der Waals surface area contributed by atoms with Gasteiger partial charge in [0.25, 0.3) is 0 Å². The number of carbonyl (C=O) groups excluding carboxylic acids is 1. The Balaban J connectivity index is 3.87. The molecule has 1 unspecified atom stereocenters. The van der Waals surface area contributed by atoms with E-state index < -0.39 is 0 Å². The third-order valence-electron chi connectivity index (χ3n) is 1.80. The second-order valence-electron chi connectivity index (χ2n) is 3.28. The largest absolute Gasteiger partial charge is 0.393 e. The molecule has 0 bridgehead atoms. The lowest BCUT2D eigenvalue weighted by molar-refractivity contribution is -0.125. The molecule has 1 amide bonds. The molecule has 14 heavy (non-hydrogen) atoms. The normalized spacial score (nSPS) is 13.7. The van der Waals surface area contributed by atoms with E-state index in [4.69, 9.17) is 5.11 Å². The molecule has 80 valence electrons. The Kier molecular flexibility index (Phi) is 6.76. The van der Waals surface area contributed by atoms with Crippen molar-refractivity contribution in [2.45, 2.75) is 26.4 Å². The van der Waals surface area contributed by atoms with Crippen LogP contribution in [0.2, 0.25) is 0 Å². The summed E-state index contributed by atoms with van der Waals surface area (Å²) >= 11 is 0. The molecule has 0 spiro atoms. The van der Waals surface area contributed by atoms with E-state index in [1.807, 2.05) is 13.0 Å². The highest BCUT2D eigenvalue weighted by Crippen LogP contribution is 1.94. The van der Waals surface area contributed by atoms with Gasteiger partial charge in [-0.2, -0.15) is 0 Å². The van der Waals surface area contributed by atoms with Gasteiger partial charge in [-0.1, -0.05) is 18.2 Å². The van der Waals surface area contributed by atoms with E-state index in [2.05, 4.69) is 0 Å². The Bertz CT molecular complexity index is 219. The van der Waals surface area contributed by atoms with Crippen molar-refractivity contribution in [2.24, 2.45) is 0 Å². The van der Waals surface area contributed by atoms with Crippen LogP contribution < -0.4 is 0 Å². The van der Waals surface area contributed by atoms with Crippen molar-refractivity contribution in [1.82, 2.24) is 4.90 Å². The maximum Gasteiger partial charge on any atom is 0.246 e. The minimum Gasteiger partial charge on any atom is -0.393 e. The number of rotatable bonds is 5. The first-order valence-electron chi connectivity index (χ1n) is 4.80. The molecule has 0 heterocycles. The first-order valence-corrected chi connectivity index (χ1v) is 4.80. The molecule has 3 nitrogen and oxygen atoms in total. The van der Waals surface area contributed by atoms with Gasteiger partial charge in [-0.25, -0.2) is 0 Å². The maximum atomic E-state index is 11.4. The quantitative estimate of drug-likeness (QED) is 0.534. The zero-order chi connectivity index (χ0) is 11.0. The molecule has 0 aromatic rings. The lowest BCUT2D eigenvalue weighted by atomic mass is 10.2. The molecule has 1 atom stereocenters. The number of aliphatic hydroxyl groups excluding tert-OH is 1.